The van der Waals surface area contributed by atoms with Gasteiger partial charge in [0.25, 0.3) is 5.91 Å². The molecule has 2 aliphatic heterocycles. The maximum absolute atomic E-state index is 13.1. The van der Waals surface area contributed by atoms with Crippen LogP contribution in [0.5, 0.6) is 0 Å². The monoisotopic (exact) mass is 384 g/mol. The molecular formula is C24H24N4O. The Labute approximate surface area is 171 Å². The van der Waals surface area contributed by atoms with Crippen LogP contribution in [0.3, 0.4) is 0 Å². The molecule has 0 bridgehead atoms. The Morgan fingerprint density at radius 1 is 0.793 bits per heavy atom. The first-order valence-corrected chi connectivity index (χ1v) is 10.2. The minimum absolute atomic E-state index is 0.0690. The van der Waals surface area contributed by atoms with Crippen LogP contribution in [0.25, 0.3) is 0 Å². The van der Waals surface area contributed by atoms with Gasteiger partial charge >= 0.3 is 0 Å². The molecule has 0 unspecified atom stereocenters. The minimum atomic E-state index is 0.0690. The van der Waals surface area contributed by atoms with Gasteiger partial charge in [0.1, 0.15) is 0 Å². The number of carbonyl (C=O) groups is 1. The van der Waals surface area contributed by atoms with Gasteiger partial charge in [-0.1, -0.05) is 36.4 Å². The topological polar surface area (TPSA) is 39.7 Å². The highest BCUT2D eigenvalue weighted by atomic mass is 16.2. The average Bonchev–Trinajstić information content (AvgIpc) is 3.24. The molecule has 1 fully saturated rings. The lowest BCUT2D eigenvalue weighted by Gasteiger charge is -2.36. The van der Waals surface area contributed by atoms with Gasteiger partial charge in [0.2, 0.25) is 0 Å². The number of pyridine rings is 1. The van der Waals surface area contributed by atoms with Gasteiger partial charge in [0, 0.05) is 50.3 Å². The molecule has 0 atom stereocenters. The predicted molar refractivity (Wildman–Crippen MR) is 116 cm³/mol. The van der Waals surface area contributed by atoms with Crippen LogP contribution in [0.2, 0.25) is 0 Å². The summed E-state index contributed by atoms with van der Waals surface area (Å²) in [4.78, 5) is 24.0. The van der Waals surface area contributed by atoms with Crippen molar-refractivity contribution < 1.29 is 4.79 Å². The molecule has 0 spiro atoms. The lowest BCUT2D eigenvalue weighted by atomic mass is 10.1. The third kappa shape index (κ3) is 3.44. The third-order valence-electron chi connectivity index (χ3n) is 5.86. The standard InChI is InChI=1S/C24H24N4O/c29-24(27-14-12-26(13-15-27)21-7-2-1-3-8-21)20-16-22(18-25-17-20)28-11-10-19-6-4-5-9-23(19)28/h1-9,16-18H,10-15H2. The molecule has 1 aromatic heterocycles. The van der Waals surface area contributed by atoms with Crippen molar-refractivity contribution in [1.29, 1.82) is 0 Å². The fourth-order valence-electron chi connectivity index (χ4n) is 4.29. The second-order valence-electron chi connectivity index (χ2n) is 7.58. The summed E-state index contributed by atoms with van der Waals surface area (Å²) >= 11 is 0. The number of carbonyl (C=O) groups excluding carboxylic acids is 1. The summed E-state index contributed by atoms with van der Waals surface area (Å²) in [5.74, 6) is 0.0690. The molecule has 5 nitrogen and oxygen atoms in total. The van der Waals surface area contributed by atoms with Gasteiger partial charge in [-0.2, -0.15) is 0 Å². The van der Waals surface area contributed by atoms with E-state index in [1.807, 2.05) is 23.2 Å². The molecule has 0 radical (unpaired) electrons. The number of rotatable bonds is 3. The second-order valence-corrected chi connectivity index (χ2v) is 7.58. The van der Waals surface area contributed by atoms with Crippen LogP contribution in [-0.2, 0) is 6.42 Å². The van der Waals surface area contributed by atoms with E-state index >= 15 is 0 Å². The molecular weight excluding hydrogens is 360 g/mol. The first kappa shape index (κ1) is 17.7. The van der Waals surface area contributed by atoms with Crippen molar-refractivity contribution in [2.24, 2.45) is 0 Å². The zero-order valence-corrected chi connectivity index (χ0v) is 16.4. The van der Waals surface area contributed by atoms with Crippen LogP contribution in [0.1, 0.15) is 15.9 Å². The van der Waals surface area contributed by atoms with Crippen molar-refractivity contribution in [2.45, 2.75) is 6.42 Å². The Balaban J connectivity index is 1.30. The summed E-state index contributed by atoms with van der Waals surface area (Å²) in [7, 11) is 0. The lowest BCUT2D eigenvalue weighted by molar-refractivity contribution is 0.0746. The first-order valence-electron chi connectivity index (χ1n) is 10.2. The van der Waals surface area contributed by atoms with Gasteiger partial charge in [-0.05, 0) is 36.2 Å². The van der Waals surface area contributed by atoms with Gasteiger partial charge < -0.3 is 14.7 Å². The van der Waals surface area contributed by atoms with E-state index in [9.17, 15) is 4.79 Å². The summed E-state index contributed by atoms with van der Waals surface area (Å²) < 4.78 is 0. The van der Waals surface area contributed by atoms with Crippen molar-refractivity contribution in [1.82, 2.24) is 9.88 Å². The van der Waals surface area contributed by atoms with E-state index in [4.69, 9.17) is 0 Å². The van der Waals surface area contributed by atoms with E-state index in [0.717, 1.165) is 44.8 Å². The highest BCUT2D eigenvalue weighted by Gasteiger charge is 2.24. The SMILES string of the molecule is O=C(c1cncc(N2CCc3ccccc32)c1)N1CCN(c2ccccc2)CC1. The molecule has 0 aliphatic carbocycles. The van der Waals surface area contributed by atoms with Gasteiger partial charge in [-0.25, -0.2) is 0 Å². The molecule has 1 saturated heterocycles. The van der Waals surface area contributed by atoms with Crippen molar-refractivity contribution in [3.05, 3.63) is 84.2 Å². The number of fused-ring (bicyclic) bond motifs is 1. The van der Waals surface area contributed by atoms with E-state index in [-0.39, 0.29) is 5.91 Å². The zero-order valence-electron chi connectivity index (χ0n) is 16.4. The highest BCUT2D eigenvalue weighted by Crippen LogP contribution is 2.34. The summed E-state index contributed by atoms with van der Waals surface area (Å²) in [5.41, 5.74) is 5.44. The fourth-order valence-corrected chi connectivity index (χ4v) is 4.29. The predicted octanol–water partition coefficient (Wildman–Crippen LogP) is 3.74. The number of para-hydroxylation sites is 2. The number of hydrogen-bond donors (Lipinski definition) is 0. The lowest BCUT2D eigenvalue weighted by Crippen LogP contribution is -2.48. The number of piperazine rings is 1. The maximum atomic E-state index is 13.1. The summed E-state index contributed by atoms with van der Waals surface area (Å²) in [5, 5.41) is 0. The molecule has 0 N–H and O–H groups in total. The quantitative estimate of drug-likeness (QED) is 0.690. The van der Waals surface area contributed by atoms with Crippen LogP contribution in [0, 0.1) is 0 Å². The smallest absolute Gasteiger partial charge is 0.255 e. The number of hydrogen-bond acceptors (Lipinski definition) is 4. The van der Waals surface area contributed by atoms with Crippen LogP contribution in [-0.4, -0.2) is 48.5 Å². The average molecular weight is 384 g/mol. The number of aromatic nitrogens is 1. The highest BCUT2D eigenvalue weighted by molar-refractivity contribution is 5.95. The molecule has 5 rings (SSSR count). The number of anilines is 3. The Morgan fingerprint density at radius 3 is 2.38 bits per heavy atom. The van der Waals surface area contributed by atoms with E-state index < -0.39 is 0 Å². The Kier molecular flexibility index (Phi) is 4.64. The Morgan fingerprint density at radius 2 is 1.55 bits per heavy atom. The van der Waals surface area contributed by atoms with E-state index in [1.54, 1.807) is 6.20 Å². The number of benzene rings is 2. The Hall–Kier alpha value is -3.34. The molecule has 29 heavy (non-hydrogen) atoms. The largest absolute Gasteiger partial charge is 0.368 e. The van der Waals surface area contributed by atoms with Crippen LogP contribution >= 0.6 is 0 Å². The van der Waals surface area contributed by atoms with Gasteiger partial charge in [-0.15, -0.1) is 0 Å². The van der Waals surface area contributed by atoms with E-state index in [2.05, 4.69) is 63.3 Å². The van der Waals surface area contributed by atoms with Crippen LogP contribution in [0.4, 0.5) is 17.1 Å². The second kappa shape index (κ2) is 7.59. The molecule has 3 heterocycles. The molecule has 3 aromatic rings. The fraction of sp³-hybridized carbons (Fsp3) is 0.250. The molecule has 2 aliphatic rings. The van der Waals surface area contributed by atoms with Crippen LogP contribution in [0.15, 0.2) is 73.1 Å². The molecule has 2 aromatic carbocycles. The molecule has 1 amide bonds. The molecule has 5 heteroatoms. The minimum Gasteiger partial charge on any atom is -0.368 e. The van der Waals surface area contributed by atoms with Gasteiger partial charge in [0.15, 0.2) is 0 Å². The Bertz CT molecular complexity index is 1010. The summed E-state index contributed by atoms with van der Waals surface area (Å²) in [6.45, 7) is 4.08. The summed E-state index contributed by atoms with van der Waals surface area (Å²) in [6, 6.07) is 20.8. The maximum Gasteiger partial charge on any atom is 0.255 e. The van der Waals surface area contributed by atoms with Crippen molar-refractivity contribution in [3.63, 3.8) is 0 Å². The number of nitrogens with zero attached hydrogens (tertiary/aromatic N) is 4. The van der Waals surface area contributed by atoms with Crippen molar-refractivity contribution in [2.75, 3.05) is 42.5 Å². The number of amides is 1. The molecule has 0 saturated carbocycles. The van der Waals surface area contributed by atoms with Crippen molar-refractivity contribution >= 4 is 23.0 Å². The van der Waals surface area contributed by atoms with Crippen LogP contribution < -0.4 is 9.80 Å². The first-order chi connectivity index (χ1) is 14.3. The summed E-state index contributed by atoms with van der Waals surface area (Å²) in [6.07, 6.45) is 4.57. The molecule has 146 valence electrons. The zero-order chi connectivity index (χ0) is 19.6. The van der Waals surface area contributed by atoms with Gasteiger partial charge in [0.05, 0.1) is 17.4 Å². The van der Waals surface area contributed by atoms with E-state index in [0.29, 0.717) is 5.56 Å². The van der Waals surface area contributed by atoms with E-state index in [1.165, 1.54) is 16.9 Å². The van der Waals surface area contributed by atoms with Gasteiger partial charge in [-0.3, -0.25) is 9.78 Å². The third-order valence-corrected chi connectivity index (χ3v) is 5.86. The van der Waals surface area contributed by atoms with Crippen molar-refractivity contribution in [3.8, 4) is 0 Å². The normalized spacial score (nSPS) is 16.1.